The molecule has 1 aromatic carbocycles. The minimum absolute atomic E-state index is 0.120. The van der Waals surface area contributed by atoms with Crippen molar-refractivity contribution in [3.05, 3.63) is 24.3 Å². The number of nitrogens with one attached hydrogen (secondary N) is 1. The number of hydrogen-bond donors (Lipinski definition) is 4. The molecule has 4 N–H and O–H groups in total. The second kappa shape index (κ2) is 7.31. The molecule has 2 fully saturated rings. The van der Waals surface area contributed by atoms with Gasteiger partial charge < -0.3 is 15.5 Å². The molecule has 10 heteroatoms. The third-order valence-electron chi connectivity index (χ3n) is 6.17. The van der Waals surface area contributed by atoms with Gasteiger partial charge in [0.1, 0.15) is 12.3 Å². The van der Waals surface area contributed by atoms with E-state index in [9.17, 15) is 22.6 Å². The molecule has 2 saturated carbocycles. The molecule has 0 saturated heterocycles. The highest BCUT2D eigenvalue weighted by molar-refractivity contribution is 9.12. The molecule has 28 heavy (non-hydrogen) atoms. The summed E-state index contributed by atoms with van der Waals surface area (Å²) in [6.07, 6.45) is 1.33. The second-order valence-electron chi connectivity index (χ2n) is 7.89. The summed E-state index contributed by atoms with van der Waals surface area (Å²) in [5.74, 6) is -1.52. The lowest BCUT2D eigenvalue weighted by Gasteiger charge is -2.31. The molecule has 1 aromatic rings. The van der Waals surface area contributed by atoms with E-state index in [1.54, 1.807) is 19.1 Å². The zero-order valence-electron chi connectivity index (χ0n) is 15.8. The van der Waals surface area contributed by atoms with Crippen molar-refractivity contribution < 1.29 is 32.8 Å². The number of carbonyl (C=O) groups is 2. The Kier molecular flexibility index (Phi) is 5.91. The summed E-state index contributed by atoms with van der Waals surface area (Å²) < 4.78 is 30.5. The summed E-state index contributed by atoms with van der Waals surface area (Å²) in [5, 5.41) is 19.9. The lowest BCUT2D eigenvalue weighted by molar-refractivity contribution is -0.135. The number of carboxylic acid groups (broad SMARTS) is 1. The van der Waals surface area contributed by atoms with Gasteiger partial charge in [-0.25, -0.2) is 0 Å². The molecule has 3 rings (SSSR count). The normalized spacial score (nSPS) is 30.5. The summed E-state index contributed by atoms with van der Waals surface area (Å²) in [7, 11) is -4.42. The molecule has 0 radical (unpaired) electrons. The largest absolute Gasteiger partial charge is 0.508 e. The van der Waals surface area contributed by atoms with Gasteiger partial charge in [0.05, 0.1) is 0 Å². The quantitative estimate of drug-likeness (QED) is 0.294. The van der Waals surface area contributed by atoms with Gasteiger partial charge in [0.25, 0.3) is 10.1 Å². The number of aliphatic carboxylic acids is 1. The summed E-state index contributed by atoms with van der Waals surface area (Å²) in [6, 6.07) is 6.20. The zero-order valence-corrected chi connectivity index (χ0v) is 18.2. The van der Waals surface area contributed by atoms with Crippen LogP contribution < -0.4 is 5.32 Å². The SMILES string of the molecule is CC12CCC(C1(C)C)C(Br)(S(=O)(=O)O)C2=O.O=C(O)CNc1ccc(O)cc1. The van der Waals surface area contributed by atoms with Crippen molar-refractivity contribution in [3.8, 4) is 5.75 Å². The molecule has 8 nitrogen and oxygen atoms in total. The number of hydrogen-bond acceptors (Lipinski definition) is 6. The van der Waals surface area contributed by atoms with E-state index < -0.39 is 36.4 Å². The van der Waals surface area contributed by atoms with Gasteiger partial charge >= 0.3 is 5.97 Å². The van der Waals surface area contributed by atoms with Crippen molar-refractivity contribution in [2.75, 3.05) is 11.9 Å². The van der Waals surface area contributed by atoms with Gasteiger partial charge in [0.15, 0.2) is 5.78 Å². The van der Waals surface area contributed by atoms with E-state index in [1.165, 1.54) is 12.1 Å². The second-order valence-corrected chi connectivity index (χ2v) is 11.3. The number of anilines is 1. The first-order valence-electron chi connectivity index (χ1n) is 8.63. The first kappa shape index (κ1) is 22.6. The zero-order chi connectivity index (χ0) is 21.5. The molecule has 156 valence electrons. The number of alkyl halides is 1. The van der Waals surface area contributed by atoms with Crippen LogP contribution in [0.3, 0.4) is 0 Å². The Morgan fingerprint density at radius 2 is 1.79 bits per heavy atom. The van der Waals surface area contributed by atoms with Crippen molar-refractivity contribution in [1.29, 1.82) is 0 Å². The number of phenolic OH excluding ortho intramolecular Hbond substituents is 1. The van der Waals surface area contributed by atoms with E-state index in [4.69, 9.17) is 10.2 Å². The number of Topliss-reactive ketones (excluding diaryl/α,β-unsaturated/α-hetero) is 1. The van der Waals surface area contributed by atoms with Crippen LogP contribution in [0.2, 0.25) is 0 Å². The van der Waals surface area contributed by atoms with Gasteiger partial charge in [-0.15, -0.1) is 0 Å². The van der Waals surface area contributed by atoms with Crippen molar-refractivity contribution in [1.82, 2.24) is 0 Å². The fourth-order valence-electron chi connectivity index (χ4n) is 4.14. The third kappa shape index (κ3) is 3.53. The Labute approximate surface area is 172 Å². The maximum atomic E-state index is 12.3. The maximum absolute atomic E-state index is 12.3. The van der Waals surface area contributed by atoms with Crippen LogP contribution in [0.15, 0.2) is 24.3 Å². The molecule has 0 heterocycles. The number of ketones is 1. The minimum Gasteiger partial charge on any atom is -0.508 e. The van der Waals surface area contributed by atoms with Gasteiger partial charge in [0.2, 0.25) is 3.66 Å². The maximum Gasteiger partial charge on any atom is 0.322 e. The highest BCUT2D eigenvalue weighted by Gasteiger charge is 2.76. The van der Waals surface area contributed by atoms with Crippen LogP contribution in [0.4, 0.5) is 5.69 Å². The molecule has 0 aromatic heterocycles. The van der Waals surface area contributed by atoms with Crippen LogP contribution in [0.25, 0.3) is 0 Å². The summed E-state index contributed by atoms with van der Waals surface area (Å²) in [4.78, 5) is 22.4. The minimum atomic E-state index is -4.42. The van der Waals surface area contributed by atoms with Crippen molar-refractivity contribution in [3.63, 3.8) is 0 Å². The molecule has 0 spiro atoms. The highest BCUT2D eigenvalue weighted by Crippen LogP contribution is 2.70. The predicted octanol–water partition coefficient (Wildman–Crippen LogP) is 2.88. The third-order valence-corrected chi connectivity index (χ3v) is 9.53. The lowest BCUT2D eigenvalue weighted by atomic mass is 9.70. The monoisotopic (exact) mass is 477 g/mol. The average Bonchev–Trinajstić information content (AvgIpc) is 2.88. The predicted molar refractivity (Wildman–Crippen MR) is 107 cm³/mol. The van der Waals surface area contributed by atoms with E-state index in [0.29, 0.717) is 18.5 Å². The average molecular weight is 478 g/mol. The fourth-order valence-corrected chi connectivity index (χ4v) is 6.62. The van der Waals surface area contributed by atoms with Crippen LogP contribution in [0, 0.1) is 16.7 Å². The molecule has 3 atom stereocenters. The van der Waals surface area contributed by atoms with Crippen LogP contribution >= 0.6 is 15.9 Å². The van der Waals surface area contributed by atoms with E-state index in [0.717, 1.165) is 0 Å². The van der Waals surface area contributed by atoms with Crippen molar-refractivity contribution in [2.24, 2.45) is 16.7 Å². The Balaban J connectivity index is 0.000000209. The van der Waals surface area contributed by atoms with E-state index in [1.807, 2.05) is 13.8 Å². The number of fused-ring (bicyclic) bond motifs is 2. The van der Waals surface area contributed by atoms with Gasteiger partial charge in [-0.3, -0.25) is 14.1 Å². The number of rotatable bonds is 4. The summed E-state index contributed by atoms with van der Waals surface area (Å²) >= 11 is 3.01. The van der Waals surface area contributed by atoms with Crippen LogP contribution in [0.1, 0.15) is 33.6 Å². The molecular weight excluding hydrogens is 454 g/mol. The van der Waals surface area contributed by atoms with Crippen LogP contribution in [0.5, 0.6) is 5.75 Å². The Morgan fingerprint density at radius 3 is 2.14 bits per heavy atom. The highest BCUT2D eigenvalue weighted by atomic mass is 79.9. The van der Waals surface area contributed by atoms with Gasteiger partial charge in [0, 0.05) is 17.0 Å². The topological polar surface area (TPSA) is 141 Å². The van der Waals surface area contributed by atoms with E-state index in [2.05, 4.69) is 21.2 Å². The van der Waals surface area contributed by atoms with Crippen LogP contribution in [-0.4, -0.2) is 45.1 Å². The van der Waals surface area contributed by atoms with Gasteiger partial charge in [-0.1, -0.05) is 36.7 Å². The smallest absolute Gasteiger partial charge is 0.322 e. The summed E-state index contributed by atoms with van der Waals surface area (Å²) in [6.45, 7) is 5.47. The number of halogens is 1. The molecule has 3 unspecified atom stereocenters. The number of aromatic hydroxyl groups is 1. The molecule has 0 aliphatic heterocycles. The Hall–Kier alpha value is -1.65. The Morgan fingerprint density at radius 1 is 1.25 bits per heavy atom. The fraction of sp³-hybridized carbons (Fsp3) is 0.556. The van der Waals surface area contributed by atoms with Gasteiger partial charge in [-0.05, 0) is 42.5 Å². The molecule has 2 aliphatic rings. The lowest BCUT2D eigenvalue weighted by Crippen LogP contribution is -2.47. The molecule has 0 amide bonds. The van der Waals surface area contributed by atoms with Crippen molar-refractivity contribution >= 4 is 43.5 Å². The first-order chi connectivity index (χ1) is 12.7. The van der Waals surface area contributed by atoms with E-state index in [-0.39, 0.29) is 18.2 Å². The molecule has 2 bridgehead atoms. The number of benzene rings is 1. The summed E-state index contributed by atoms with van der Waals surface area (Å²) in [5.41, 5.74) is -0.407. The molecular formula is C18H24BrNO7S. The van der Waals surface area contributed by atoms with Crippen LogP contribution in [-0.2, 0) is 19.7 Å². The standard InChI is InChI=1S/C10H15BrO4S.C8H9NO3/c1-8(2)6-4-5-9(8,3)7(12)10(6,11)16(13,14)15;10-7-3-1-6(2-4-7)9-5-8(11)12/h6H,4-5H2,1-3H3,(H,13,14,15);1-4,9-10H,5H2,(H,11,12). The first-order valence-corrected chi connectivity index (χ1v) is 10.9. The molecule has 2 aliphatic carbocycles. The number of phenols is 1. The Bertz CT molecular complexity index is 884. The van der Waals surface area contributed by atoms with Gasteiger partial charge in [-0.2, -0.15) is 8.42 Å². The number of carboxylic acids is 1. The number of carbonyl (C=O) groups excluding carboxylic acids is 1. The van der Waals surface area contributed by atoms with Crippen molar-refractivity contribution in [2.45, 2.75) is 37.3 Å². The van der Waals surface area contributed by atoms with E-state index >= 15 is 0 Å².